The van der Waals surface area contributed by atoms with E-state index in [1.165, 1.54) is 0 Å². The van der Waals surface area contributed by atoms with E-state index < -0.39 is 5.91 Å². The van der Waals surface area contributed by atoms with E-state index in [4.69, 9.17) is 16.2 Å². The number of likely N-dealkylation sites (N-methyl/N-ethyl adjacent to an activating group) is 1. The number of nitrogens with one attached hydrogen (secondary N) is 1. The highest BCUT2D eigenvalue weighted by Crippen LogP contribution is 2.19. The van der Waals surface area contributed by atoms with Gasteiger partial charge in [0.2, 0.25) is 5.91 Å². The summed E-state index contributed by atoms with van der Waals surface area (Å²) in [6.07, 6.45) is 0. The van der Waals surface area contributed by atoms with Gasteiger partial charge in [0.25, 0.3) is 0 Å². The van der Waals surface area contributed by atoms with E-state index in [-0.39, 0.29) is 0 Å². The molecule has 0 saturated heterocycles. The standard InChI is InChI=1S/C13H22N4O2/c1-17(2)6-8-19-7-5-16-12-4-3-10(13(15)18)9-11(12)14/h3-4,9,16H,5-8,14H2,1-2H3,(H2,15,18). The summed E-state index contributed by atoms with van der Waals surface area (Å²) in [7, 11) is 4.01. The molecule has 0 aliphatic heterocycles. The van der Waals surface area contributed by atoms with Crippen LogP contribution in [0.5, 0.6) is 0 Å². The summed E-state index contributed by atoms with van der Waals surface area (Å²) in [5, 5.41) is 3.15. The van der Waals surface area contributed by atoms with E-state index >= 15 is 0 Å². The average Bonchev–Trinajstić information content (AvgIpc) is 2.34. The van der Waals surface area contributed by atoms with Crippen LogP contribution in [0.1, 0.15) is 10.4 Å². The second-order valence-corrected chi connectivity index (χ2v) is 4.51. The molecule has 0 atom stereocenters. The highest BCUT2D eigenvalue weighted by Gasteiger charge is 2.04. The Bertz CT molecular complexity index is 421. The minimum absolute atomic E-state index is 0.408. The predicted octanol–water partition coefficient (Wildman–Crippen LogP) is 0.358. The number of benzene rings is 1. The molecule has 0 saturated carbocycles. The molecule has 0 radical (unpaired) electrons. The van der Waals surface area contributed by atoms with Crippen LogP contribution in [0.2, 0.25) is 0 Å². The number of hydrogen-bond donors (Lipinski definition) is 3. The average molecular weight is 266 g/mol. The molecular weight excluding hydrogens is 244 g/mol. The van der Waals surface area contributed by atoms with E-state index in [0.717, 1.165) is 12.2 Å². The number of ether oxygens (including phenoxy) is 1. The molecule has 6 heteroatoms. The summed E-state index contributed by atoms with van der Waals surface area (Å²) in [5.41, 5.74) is 12.7. The third-order valence-corrected chi connectivity index (χ3v) is 2.58. The SMILES string of the molecule is CN(C)CCOCCNc1ccc(C(N)=O)cc1N. The molecule has 0 bridgehead atoms. The van der Waals surface area contributed by atoms with Crippen molar-refractivity contribution in [1.82, 2.24) is 4.90 Å². The Morgan fingerprint density at radius 1 is 1.37 bits per heavy atom. The Labute approximate surface area is 113 Å². The molecule has 1 aromatic carbocycles. The summed E-state index contributed by atoms with van der Waals surface area (Å²) in [5.74, 6) is -0.481. The first kappa shape index (κ1) is 15.3. The highest BCUT2D eigenvalue weighted by molar-refractivity contribution is 5.94. The minimum Gasteiger partial charge on any atom is -0.397 e. The molecule has 19 heavy (non-hydrogen) atoms. The predicted molar refractivity (Wildman–Crippen MR) is 77.2 cm³/mol. The Morgan fingerprint density at radius 2 is 2.11 bits per heavy atom. The van der Waals surface area contributed by atoms with E-state index in [1.807, 2.05) is 14.1 Å². The van der Waals surface area contributed by atoms with Crippen molar-refractivity contribution >= 4 is 17.3 Å². The smallest absolute Gasteiger partial charge is 0.248 e. The Balaban J connectivity index is 2.32. The van der Waals surface area contributed by atoms with Crippen LogP contribution in [-0.4, -0.2) is 51.2 Å². The molecule has 6 nitrogen and oxygen atoms in total. The van der Waals surface area contributed by atoms with Crippen molar-refractivity contribution in [2.75, 3.05) is 51.4 Å². The van der Waals surface area contributed by atoms with Crippen LogP contribution in [0.4, 0.5) is 11.4 Å². The van der Waals surface area contributed by atoms with Crippen LogP contribution in [0.15, 0.2) is 18.2 Å². The fourth-order valence-electron chi connectivity index (χ4n) is 1.48. The maximum atomic E-state index is 11.0. The maximum Gasteiger partial charge on any atom is 0.248 e. The van der Waals surface area contributed by atoms with Crippen molar-refractivity contribution in [3.05, 3.63) is 23.8 Å². The van der Waals surface area contributed by atoms with Gasteiger partial charge < -0.3 is 26.4 Å². The number of anilines is 2. The van der Waals surface area contributed by atoms with E-state index in [0.29, 0.717) is 31.0 Å². The molecule has 0 aliphatic rings. The Kier molecular flexibility index (Phi) is 6.11. The molecule has 0 aliphatic carbocycles. The zero-order chi connectivity index (χ0) is 14.3. The van der Waals surface area contributed by atoms with Gasteiger partial charge in [-0.15, -0.1) is 0 Å². The first-order valence-electron chi connectivity index (χ1n) is 6.16. The van der Waals surface area contributed by atoms with Gasteiger partial charge in [0.15, 0.2) is 0 Å². The first-order valence-corrected chi connectivity index (χ1v) is 6.16. The van der Waals surface area contributed by atoms with Crippen LogP contribution in [0, 0.1) is 0 Å². The fraction of sp³-hybridized carbons (Fsp3) is 0.462. The maximum absolute atomic E-state index is 11.0. The van der Waals surface area contributed by atoms with Crippen molar-refractivity contribution in [1.29, 1.82) is 0 Å². The number of nitrogens with two attached hydrogens (primary N) is 2. The number of hydrogen-bond acceptors (Lipinski definition) is 5. The van der Waals surface area contributed by atoms with Crippen molar-refractivity contribution in [3.63, 3.8) is 0 Å². The molecule has 0 aromatic heterocycles. The number of nitrogens with zero attached hydrogens (tertiary/aromatic N) is 1. The van der Waals surface area contributed by atoms with E-state index in [1.54, 1.807) is 18.2 Å². The summed E-state index contributed by atoms with van der Waals surface area (Å²) < 4.78 is 5.45. The van der Waals surface area contributed by atoms with Crippen molar-refractivity contribution in [2.45, 2.75) is 0 Å². The topological polar surface area (TPSA) is 93.6 Å². The molecular formula is C13H22N4O2. The Morgan fingerprint density at radius 3 is 2.68 bits per heavy atom. The molecule has 0 unspecified atom stereocenters. The largest absolute Gasteiger partial charge is 0.397 e. The molecule has 5 N–H and O–H groups in total. The lowest BCUT2D eigenvalue weighted by atomic mass is 10.1. The monoisotopic (exact) mass is 266 g/mol. The normalized spacial score (nSPS) is 10.7. The zero-order valence-corrected chi connectivity index (χ0v) is 11.5. The molecule has 1 aromatic rings. The highest BCUT2D eigenvalue weighted by atomic mass is 16.5. The number of carbonyl (C=O) groups excluding carboxylic acids is 1. The van der Waals surface area contributed by atoms with Gasteiger partial charge in [0.05, 0.1) is 24.6 Å². The molecule has 1 amide bonds. The number of primary amides is 1. The van der Waals surface area contributed by atoms with Gasteiger partial charge in [-0.1, -0.05) is 0 Å². The lowest BCUT2D eigenvalue weighted by Crippen LogP contribution is -2.20. The van der Waals surface area contributed by atoms with Gasteiger partial charge in [-0.25, -0.2) is 0 Å². The number of carbonyl (C=O) groups is 1. The molecule has 0 heterocycles. The van der Waals surface area contributed by atoms with Gasteiger partial charge in [0.1, 0.15) is 0 Å². The van der Waals surface area contributed by atoms with Crippen molar-refractivity contribution < 1.29 is 9.53 Å². The fourth-order valence-corrected chi connectivity index (χ4v) is 1.48. The summed E-state index contributed by atoms with van der Waals surface area (Å²) >= 11 is 0. The summed E-state index contributed by atoms with van der Waals surface area (Å²) in [6.45, 7) is 2.86. The van der Waals surface area contributed by atoms with Crippen LogP contribution in [-0.2, 0) is 4.74 Å². The van der Waals surface area contributed by atoms with Gasteiger partial charge in [-0.3, -0.25) is 4.79 Å². The zero-order valence-electron chi connectivity index (χ0n) is 11.5. The van der Waals surface area contributed by atoms with Crippen LogP contribution < -0.4 is 16.8 Å². The van der Waals surface area contributed by atoms with Crippen LogP contribution >= 0.6 is 0 Å². The molecule has 1 rings (SSSR count). The third kappa shape index (κ3) is 5.58. The second-order valence-electron chi connectivity index (χ2n) is 4.51. The summed E-state index contributed by atoms with van der Waals surface area (Å²) in [6, 6.07) is 4.96. The van der Waals surface area contributed by atoms with Crippen LogP contribution in [0.25, 0.3) is 0 Å². The van der Waals surface area contributed by atoms with Crippen molar-refractivity contribution in [3.8, 4) is 0 Å². The lowest BCUT2D eigenvalue weighted by molar-refractivity contribution is 0.100. The van der Waals surface area contributed by atoms with Gasteiger partial charge in [0, 0.05) is 18.7 Å². The second kappa shape index (κ2) is 7.60. The molecule has 0 fully saturated rings. The Hall–Kier alpha value is -1.79. The van der Waals surface area contributed by atoms with E-state index in [2.05, 4.69) is 10.2 Å². The lowest BCUT2D eigenvalue weighted by Gasteiger charge is -2.12. The van der Waals surface area contributed by atoms with Crippen LogP contribution in [0.3, 0.4) is 0 Å². The summed E-state index contributed by atoms with van der Waals surface area (Å²) in [4.78, 5) is 13.0. The molecule has 0 spiro atoms. The van der Waals surface area contributed by atoms with Gasteiger partial charge in [-0.05, 0) is 32.3 Å². The number of nitrogen functional groups attached to an aromatic ring is 1. The first-order chi connectivity index (χ1) is 9.00. The number of amides is 1. The van der Waals surface area contributed by atoms with Gasteiger partial charge in [-0.2, -0.15) is 0 Å². The quantitative estimate of drug-likeness (QED) is 0.466. The van der Waals surface area contributed by atoms with E-state index in [9.17, 15) is 4.79 Å². The molecule has 106 valence electrons. The third-order valence-electron chi connectivity index (χ3n) is 2.58. The minimum atomic E-state index is -0.481. The van der Waals surface area contributed by atoms with Gasteiger partial charge >= 0.3 is 0 Å². The van der Waals surface area contributed by atoms with Crippen molar-refractivity contribution in [2.24, 2.45) is 5.73 Å². The number of rotatable bonds is 8.